The standard InChI is InChI=1S/C83H148O17P2/c1-5-9-13-17-21-25-29-33-37-38-42-44-48-52-56-60-64-68-81(86)94-74-79(100-83(88)70-66-62-58-54-50-46-41-36-32-28-24-20-16-12-8-4)76-98-102(91,92)96-72-77(84)71-95-101(89,90)97-75-78(99-82(87)69-65-61-57-53-49-45-40-35-31-27-23-19-15-11-7-3)73-93-80(85)67-63-59-55-51-47-43-39-34-30-26-22-18-14-10-6-2/h21,23,25,27,33-35,37,39-40,42,44,52,56,77-79,84H,5-20,22,24,26,28-32,36,38,41,43,45-51,53-55,57-76H2,1-4H3,(H,89,90)(H,91,92)/b25-21-,27-23-,37-33-,39-34-,40-35-,44-42-,56-52-/t77-,78+,79+/m0/s1. The predicted molar refractivity (Wildman–Crippen MR) is 418 cm³/mol. The minimum absolute atomic E-state index is 0.0783. The minimum Gasteiger partial charge on any atom is -0.462 e. The van der Waals surface area contributed by atoms with Crippen LogP contribution < -0.4 is 0 Å². The van der Waals surface area contributed by atoms with Crippen LogP contribution in [0.1, 0.15) is 362 Å². The van der Waals surface area contributed by atoms with E-state index in [2.05, 4.69) is 101 Å². The Hall–Kier alpha value is -3.76. The molecule has 17 nitrogen and oxygen atoms in total. The molecular formula is C83H148O17P2. The van der Waals surface area contributed by atoms with E-state index in [-0.39, 0.29) is 25.7 Å². The zero-order valence-corrected chi connectivity index (χ0v) is 66.6. The van der Waals surface area contributed by atoms with Gasteiger partial charge in [-0.3, -0.25) is 37.3 Å². The fraction of sp³-hybridized carbons (Fsp3) is 0.783. The van der Waals surface area contributed by atoms with Gasteiger partial charge in [-0.25, -0.2) is 9.13 Å². The van der Waals surface area contributed by atoms with Crippen molar-refractivity contribution in [3.05, 3.63) is 85.1 Å². The SMILES string of the molecule is CCCCC/C=C\C/C=C\C/C=C\C/C=C\CCCC(=O)OC[C@H](COP(=O)(O)OC[C@@H](O)COP(=O)(O)OC[C@@H](COC(=O)CCCCCCC/C=C\CCCCCCCC)OC(=O)CCCCCCC/C=C\C/C=C\CCCCC)OC(=O)CCCCCCCCCCCCCCCCC. The Morgan fingerprint density at radius 1 is 0.275 bits per heavy atom. The van der Waals surface area contributed by atoms with E-state index in [1.165, 1.54) is 141 Å². The molecule has 3 N–H and O–H groups in total. The second-order valence-electron chi connectivity index (χ2n) is 27.4. The maximum absolute atomic E-state index is 13.1. The summed E-state index contributed by atoms with van der Waals surface area (Å²) < 4.78 is 68.6. The van der Waals surface area contributed by atoms with E-state index in [4.69, 9.17) is 37.0 Å². The van der Waals surface area contributed by atoms with Gasteiger partial charge in [-0.2, -0.15) is 0 Å². The highest BCUT2D eigenvalue weighted by atomic mass is 31.2. The molecule has 0 aliphatic rings. The molecule has 0 aromatic carbocycles. The molecule has 0 fully saturated rings. The molecule has 592 valence electrons. The molecule has 0 aliphatic carbocycles. The Labute approximate surface area is 621 Å². The predicted octanol–water partition coefficient (Wildman–Crippen LogP) is 23.8. The number of allylic oxidation sites excluding steroid dienone is 14. The van der Waals surface area contributed by atoms with Crippen LogP contribution in [0.3, 0.4) is 0 Å². The first kappa shape index (κ1) is 98.2. The molecule has 0 rings (SSSR count). The summed E-state index contributed by atoms with van der Waals surface area (Å²) in [6.07, 6.45) is 78.4. The average molecular weight is 1480 g/mol. The number of phosphoric acid groups is 2. The molecule has 19 heteroatoms. The molecule has 102 heavy (non-hydrogen) atoms. The maximum Gasteiger partial charge on any atom is 0.472 e. The van der Waals surface area contributed by atoms with Crippen molar-refractivity contribution in [1.29, 1.82) is 0 Å². The van der Waals surface area contributed by atoms with Crippen LogP contribution in [0, 0.1) is 0 Å². The summed E-state index contributed by atoms with van der Waals surface area (Å²) in [5.74, 6) is -2.24. The Morgan fingerprint density at radius 2 is 0.490 bits per heavy atom. The summed E-state index contributed by atoms with van der Waals surface area (Å²) in [5.41, 5.74) is 0. The lowest BCUT2D eigenvalue weighted by molar-refractivity contribution is -0.161. The number of carbonyl (C=O) groups is 4. The third-order valence-corrected chi connectivity index (χ3v) is 19.2. The van der Waals surface area contributed by atoms with E-state index in [1.54, 1.807) is 0 Å². The lowest BCUT2D eigenvalue weighted by atomic mass is 10.0. The molecule has 0 bridgehead atoms. The molecule has 5 atom stereocenters. The summed E-state index contributed by atoms with van der Waals surface area (Å²) in [5, 5.41) is 10.6. The van der Waals surface area contributed by atoms with Gasteiger partial charge in [0.1, 0.15) is 19.3 Å². The third kappa shape index (κ3) is 74.5. The number of unbranched alkanes of at least 4 members (excludes halogenated alkanes) is 37. The Kier molecular flexibility index (Phi) is 72.7. The van der Waals surface area contributed by atoms with E-state index >= 15 is 0 Å². The molecule has 0 saturated carbocycles. The van der Waals surface area contributed by atoms with Gasteiger partial charge in [-0.15, -0.1) is 0 Å². The molecule has 0 spiro atoms. The number of aliphatic hydroxyl groups is 1. The van der Waals surface area contributed by atoms with Crippen molar-refractivity contribution in [3.8, 4) is 0 Å². The van der Waals surface area contributed by atoms with Crippen LogP contribution >= 0.6 is 15.6 Å². The number of carbonyl (C=O) groups excluding carboxylic acids is 4. The Morgan fingerprint density at radius 3 is 0.804 bits per heavy atom. The number of hydrogen-bond acceptors (Lipinski definition) is 15. The van der Waals surface area contributed by atoms with Crippen LogP contribution in [0.5, 0.6) is 0 Å². The monoisotopic (exact) mass is 1480 g/mol. The number of esters is 4. The first-order valence-electron chi connectivity index (χ1n) is 40.8. The maximum atomic E-state index is 13.1. The van der Waals surface area contributed by atoms with Gasteiger partial charge in [0.15, 0.2) is 12.2 Å². The number of ether oxygens (including phenoxy) is 4. The van der Waals surface area contributed by atoms with Crippen molar-refractivity contribution in [2.75, 3.05) is 39.6 Å². The van der Waals surface area contributed by atoms with Crippen molar-refractivity contribution in [2.45, 2.75) is 380 Å². The van der Waals surface area contributed by atoms with Gasteiger partial charge >= 0.3 is 39.5 Å². The first-order valence-corrected chi connectivity index (χ1v) is 43.8. The topological polar surface area (TPSA) is 237 Å². The molecule has 0 saturated heterocycles. The molecular weight excluding hydrogens is 1330 g/mol. The van der Waals surface area contributed by atoms with Crippen LogP contribution in [0.15, 0.2) is 85.1 Å². The van der Waals surface area contributed by atoms with E-state index in [1.807, 2.05) is 12.2 Å². The molecule has 0 aliphatic heterocycles. The largest absolute Gasteiger partial charge is 0.472 e. The number of hydrogen-bond donors (Lipinski definition) is 3. The van der Waals surface area contributed by atoms with Gasteiger partial charge in [0.2, 0.25) is 0 Å². The van der Waals surface area contributed by atoms with Gasteiger partial charge in [-0.05, 0) is 122 Å². The number of phosphoric ester groups is 2. The molecule has 0 aromatic heterocycles. The van der Waals surface area contributed by atoms with Gasteiger partial charge in [0.05, 0.1) is 26.4 Å². The van der Waals surface area contributed by atoms with Gasteiger partial charge in [0, 0.05) is 25.7 Å². The first-order chi connectivity index (χ1) is 49.7. The quantitative estimate of drug-likeness (QED) is 0.0169. The molecule has 0 amide bonds. The second kappa shape index (κ2) is 75.5. The summed E-state index contributed by atoms with van der Waals surface area (Å²) >= 11 is 0. The van der Waals surface area contributed by atoms with Crippen molar-refractivity contribution < 1.29 is 80.2 Å². The van der Waals surface area contributed by atoms with Crippen LogP contribution in [-0.4, -0.2) is 96.7 Å². The number of aliphatic hydroxyl groups excluding tert-OH is 1. The second-order valence-corrected chi connectivity index (χ2v) is 30.3. The highest BCUT2D eigenvalue weighted by molar-refractivity contribution is 7.47. The zero-order valence-electron chi connectivity index (χ0n) is 64.8. The third-order valence-electron chi connectivity index (χ3n) is 17.3. The van der Waals surface area contributed by atoms with Crippen LogP contribution in [-0.2, 0) is 65.4 Å². The van der Waals surface area contributed by atoms with E-state index < -0.39 is 97.5 Å². The van der Waals surface area contributed by atoms with Crippen molar-refractivity contribution in [3.63, 3.8) is 0 Å². The highest BCUT2D eigenvalue weighted by Crippen LogP contribution is 2.45. The molecule has 0 aromatic rings. The fourth-order valence-corrected chi connectivity index (χ4v) is 12.6. The Balaban J connectivity index is 5.40. The van der Waals surface area contributed by atoms with Crippen molar-refractivity contribution >= 4 is 39.5 Å². The zero-order chi connectivity index (χ0) is 74.6. The smallest absolute Gasteiger partial charge is 0.462 e. The van der Waals surface area contributed by atoms with Gasteiger partial charge in [0.25, 0.3) is 0 Å². The molecule has 2 unspecified atom stereocenters. The van der Waals surface area contributed by atoms with Gasteiger partial charge in [-0.1, -0.05) is 299 Å². The Bertz CT molecular complexity index is 2260. The van der Waals surface area contributed by atoms with Crippen molar-refractivity contribution in [1.82, 2.24) is 0 Å². The van der Waals surface area contributed by atoms with E-state index in [9.17, 15) is 43.2 Å². The summed E-state index contributed by atoms with van der Waals surface area (Å²) in [4.78, 5) is 73.0. The van der Waals surface area contributed by atoms with Crippen LogP contribution in [0.2, 0.25) is 0 Å². The lowest BCUT2D eigenvalue weighted by Crippen LogP contribution is -2.30. The normalized spacial score (nSPS) is 14.3. The lowest BCUT2D eigenvalue weighted by Gasteiger charge is -2.21. The van der Waals surface area contributed by atoms with Gasteiger partial charge < -0.3 is 33.8 Å². The summed E-state index contributed by atoms with van der Waals surface area (Å²) in [7, 11) is -9.97. The molecule has 0 heterocycles. The van der Waals surface area contributed by atoms with E-state index in [0.717, 1.165) is 135 Å². The number of rotatable bonds is 77. The van der Waals surface area contributed by atoms with Crippen molar-refractivity contribution in [2.24, 2.45) is 0 Å². The van der Waals surface area contributed by atoms with E-state index in [0.29, 0.717) is 32.1 Å². The highest BCUT2D eigenvalue weighted by Gasteiger charge is 2.30. The summed E-state index contributed by atoms with van der Waals surface area (Å²) in [6.45, 7) is 4.79. The summed E-state index contributed by atoms with van der Waals surface area (Å²) in [6, 6.07) is 0. The molecule has 0 radical (unpaired) electrons. The average Bonchev–Trinajstić information content (AvgIpc) is 0.923. The minimum atomic E-state index is -4.99. The van der Waals surface area contributed by atoms with Crippen LogP contribution in [0.4, 0.5) is 0 Å². The van der Waals surface area contributed by atoms with Crippen LogP contribution in [0.25, 0.3) is 0 Å². The fourth-order valence-electron chi connectivity index (χ4n) is 11.1.